The van der Waals surface area contributed by atoms with E-state index < -0.39 is 21.2 Å². The lowest BCUT2D eigenvalue weighted by atomic mass is 10.1. The molecule has 2 aromatic rings. The van der Waals surface area contributed by atoms with Crippen LogP contribution in [0.5, 0.6) is 0 Å². The number of nitrogens with one attached hydrogen (secondary N) is 3. The zero-order valence-electron chi connectivity index (χ0n) is 18.0. The molecule has 9 heteroatoms. The number of hydrogen-bond acceptors (Lipinski definition) is 6. The number of ketones is 1. The summed E-state index contributed by atoms with van der Waals surface area (Å²) in [4.78, 5) is 24.2. The number of anilines is 2. The molecule has 2 unspecified atom stereocenters. The molecule has 1 aliphatic rings. The molecule has 0 radical (unpaired) electrons. The van der Waals surface area contributed by atoms with Gasteiger partial charge in [0.25, 0.3) is 0 Å². The van der Waals surface area contributed by atoms with Gasteiger partial charge in [0.15, 0.2) is 5.78 Å². The highest BCUT2D eigenvalue weighted by Crippen LogP contribution is 2.26. The maximum Gasteiger partial charge on any atom is 0.245 e. The number of benzene rings is 2. The van der Waals surface area contributed by atoms with Gasteiger partial charge in [0.2, 0.25) is 15.9 Å². The van der Waals surface area contributed by atoms with E-state index in [2.05, 4.69) is 16.2 Å². The predicted octanol–water partition coefficient (Wildman–Crippen LogP) is 2.23. The maximum absolute atomic E-state index is 13.6. The second-order valence-electron chi connectivity index (χ2n) is 7.90. The molecule has 2 aromatic carbocycles. The molecule has 8 nitrogen and oxygen atoms in total. The van der Waals surface area contributed by atoms with E-state index in [1.807, 2.05) is 19.1 Å². The molecule has 0 aliphatic carbocycles. The number of hydrazine groups is 1. The molecule has 1 aliphatic heterocycles. The monoisotopic (exact) mass is 444 g/mol. The van der Waals surface area contributed by atoms with Crippen LogP contribution >= 0.6 is 0 Å². The zero-order chi connectivity index (χ0) is 22.8. The number of aryl methyl sites for hydroxylation is 1. The minimum atomic E-state index is -3.87. The summed E-state index contributed by atoms with van der Waals surface area (Å²) >= 11 is 0. The van der Waals surface area contributed by atoms with E-state index in [1.165, 1.54) is 6.92 Å². The van der Waals surface area contributed by atoms with Crippen molar-refractivity contribution in [2.45, 2.75) is 45.0 Å². The van der Waals surface area contributed by atoms with Gasteiger partial charge >= 0.3 is 0 Å². The summed E-state index contributed by atoms with van der Waals surface area (Å²) < 4.78 is 28.3. The highest BCUT2D eigenvalue weighted by atomic mass is 32.2. The van der Waals surface area contributed by atoms with Gasteiger partial charge in [-0.3, -0.25) is 24.7 Å². The van der Waals surface area contributed by atoms with Crippen LogP contribution in [0.2, 0.25) is 0 Å². The fraction of sp³-hybridized carbons (Fsp3) is 0.364. The largest absolute Gasteiger partial charge is 0.325 e. The molecule has 0 bridgehead atoms. The van der Waals surface area contributed by atoms with Crippen molar-refractivity contribution in [1.29, 1.82) is 0 Å². The van der Waals surface area contributed by atoms with Crippen molar-refractivity contribution in [3.8, 4) is 0 Å². The Morgan fingerprint density at radius 2 is 1.52 bits per heavy atom. The summed E-state index contributed by atoms with van der Waals surface area (Å²) in [5, 5.41) is 1.98. The van der Waals surface area contributed by atoms with Crippen LogP contribution in [0.15, 0.2) is 48.5 Å². The summed E-state index contributed by atoms with van der Waals surface area (Å²) in [6.07, 6.45) is 0. The zero-order valence-corrected chi connectivity index (χ0v) is 18.9. The Morgan fingerprint density at radius 1 is 0.968 bits per heavy atom. The van der Waals surface area contributed by atoms with Gasteiger partial charge in [0, 0.05) is 23.3 Å². The number of amides is 1. The lowest BCUT2D eigenvalue weighted by Crippen LogP contribution is -2.49. The molecule has 31 heavy (non-hydrogen) atoms. The fourth-order valence-electron chi connectivity index (χ4n) is 3.68. The summed E-state index contributed by atoms with van der Waals surface area (Å²) in [6, 6.07) is 12.9. The minimum absolute atomic E-state index is 0.0726. The van der Waals surface area contributed by atoms with Gasteiger partial charge in [-0.25, -0.2) is 8.42 Å². The van der Waals surface area contributed by atoms with Crippen LogP contribution < -0.4 is 20.5 Å². The average Bonchev–Trinajstić information content (AvgIpc) is 3.06. The van der Waals surface area contributed by atoms with E-state index in [0.29, 0.717) is 16.9 Å². The molecule has 3 N–H and O–H groups in total. The molecule has 0 spiro atoms. The lowest BCUT2D eigenvalue weighted by Gasteiger charge is -2.30. The van der Waals surface area contributed by atoms with E-state index in [9.17, 15) is 18.0 Å². The highest BCUT2D eigenvalue weighted by molar-refractivity contribution is 7.93. The van der Waals surface area contributed by atoms with Crippen LogP contribution in [-0.2, 0) is 14.8 Å². The van der Waals surface area contributed by atoms with Crippen molar-refractivity contribution < 1.29 is 18.0 Å². The molecule has 1 fully saturated rings. The van der Waals surface area contributed by atoms with Gasteiger partial charge in [0.1, 0.15) is 11.8 Å². The Labute approximate surface area is 183 Å². The first-order valence-corrected chi connectivity index (χ1v) is 11.6. The smallest absolute Gasteiger partial charge is 0.245 e. The van der Waals surface area contributed by atoms with Crippen molar-refractivity contribution >= 4 is 33.1 Å². The molecular formula is C22H28N4O4S. The van der Waals surface area contributed by atoms with Gasteiger partial charge in [-0.2, -0.15) is 0 Å². The first kappa shape index (κ1) is 22.9. The van der Waals surface area contributed by atoms with E-state index in [4.69, 9.17) is 0 Å². The highest BCUT2D eigenvalue weighted by Gasteiger charge is 2.44. The Balaban J connectivity index is 1.87. The molecule has 1 amide bonds. The van der Waals surface area contributed by atoms with E-state index in [1.54, 1.807) is 50.2 Å². The van der Waals surface area contributed by atoms with Gasteiger partial charge in [-0.05, 0) is 64.1 Å². The fourth-order valence-corrected chi connectivity index (χ4v) is 5.86. The van der Waals surface area contributed by atoms with Crippen LogP contribution in [-0.4, -0.2) is 44.0 Å². The number of carbonyl (C=O) groups excluding carboxylic acids is 2. The van der Waals surface area contributed by atoms with Crippen LogP contribution in [0.3, 0.4) is 0 Å². The third-order valence-electron chi connectivity index (χ3n) is 5.36. The molecule has 2 atom stereocenters. The Hall–Kier alpha value is -2.75. The number of hydrogen-bond donors (Lipinski definition) is 3. The third-order valence-corrected chi connectivity index (χ3v) is 7.82. The SMILES string of the molecule is CC(=O)c1ccc(NC(=O)CN(c2ccc(C)cc2)S(=O)(=O)C2C(C)NNC2C)cc1. The van der Waals surface area contributed by atoms with Gasteiger partial charge in [-0.1, -0.05) is 17.7 Å². The third kappa shape index (κ3) is 5.12. The second-order valence-corrected chi connectivity index (χ2v) is 9.91. The Bertz CT molecular complexity index is 1040. The van der Waals surface area contributed by atoms with Gasteiger partial charge in [0.05, 0.1) is 5.69 Å². The van der Waals surface area contributed by atoms with Crippen molar-refractivity contribution in [2.24, 2.45) is 0 Å². The summed E-state index contributed by atoms with van der Waals surface area (Å²) in [5.41, 5.74) is 8.37. The molecule has 0 saturated carbocycles. The normalized spacial score (nSPS) is 21.0. The van der Waals surface area contributed by atoms with Crippen LogP contribution in [0.1, 0.15) is 36.7 Å². The molecule has 0 aromatic heterocycles. The number of nitrogens with zero attached hydrogens (tertiary/aromatic N) is 1. The molecule has 3 rings (SSSR count). The van der Waals surface area contributed by atoms with Crippen molar-refractivity contribution in [3.05, 3.63) is 59.7 Å². The molecule has 166 valence electrons. The number of sulfonamides is 1. The predicted molar refractivity (Wildman–Crippen MR) is 122 cm³/mol. The van der Waals surface area contributed by atoms with Crippen molar-refractivity contribution in [1.82, 2.24) is 10.9 Å². The second kappa shape index (κ2) is 9.17. The number of carbonyl (C=O) groups is 2. The van der Waals surface area contributed by atoms with E-state index >= 15 is 0 Å². The maximum atomic E-state index is 13.6. The van der Waals surface area contributed by atoms with Crippen molar-refractivity contribution in [3.63, 3.8) is 0 Å². The number of rotatable bonds is 7. The average molecular weight is 445 g/mol. The topological polar surface area (TPSA) is 108 Å². The first-order chi connectivity index (χ1) is 14.6. The summed E-state index contributed by atoms with van der Waals surface area (Å²) in [6.45, 7) is 6.60. The quantitative estimate of drug-likeness (QED) is 0.566. The van der Waals surface area contributed by atoms with Crippen LogP contribution in [0.25, 0.3) is 0 Å². The molecule has 1 heterocycles. The van der Waals surface area contributed by atoms with Gasteiger partial charge in [-0.15, -0.1) is 0 Å². The summed E-state index contributed by atoms with van der Waals surface area (Å²) in [5.74, 6) is -0.546. The lowest BCUT2D eigenvalue weighted by molar-refractivity contribution is -0.114. The van der Waals surface area contributed by atoms with Crippen LogP contribution in [0.4, 0.5) is 11.4 Å². The van der Waals surface area contributed by atoms with E-state index in [-0.39, 0.29) is 24.4 Å². The Kier molecular flexibility index (Phi) is 6.78. The van der Waals surface area contributed by atoms with E-state index in [0.717, 1.165) is 9.87 Å². The number of Topliss-reactive ketones (excluding diaryl/α,β-unsaturated/α-hetero) is 1. The van der Waals surface area contributed by atoms with Gasteiger partial charge < -0.3 is 5.32 Å². The first-order valence-electron chi connectivity index (χ1n) is 10.1. The minimum Gasteiger partial charge on any atom is -0.325 e. The Morgan fingerprint density at radius 3 is 2.03 bits per heavy atom. The molecule has 1 saturated heterocycles. The standard InChI is InChI=1S/C22H28N4O4S/c1-14-5-11-20(12-6-14)26(31(29,30)22-15(2)24-25-16(22)3)13-21(28)23-19-9-7-18(8-10-19)17(4)27/h5-12,15-16,22,24-25H,13H2,1-4H3,(H,23,28). The summed E-state index contributed by atoms with van der Waals surface area (Å²) in [7, 11) is -3.87. The van der Waals surface area contributed by atoms with Crippen molar-refractivity contribution in [2.75, 3.05) is 16.2 Å². The molecular weight excluding hydrogens is 416 g/mol. The van der Waals surface area contributed by atoms with Crippen LogP contribution in [0, 0.1) is 6.92 Å².